The van der Waals surface area contributed by atoms with Crippen LogP contribution in [0.25, 0.3) is 22.6 Å². The van der Waals surface area contributed by atoms with Gasteiger partial charge in [-0.1, -0.05) is 0 Å². The fraction of sp³-hybridized carbons (Fsp3) is 0.0625. The van der Waals surface area contributed by atoms with Gasteiger partial charge in [0.15, 0.2) is 16.9 Å². The number of hydrogen-bond donors (Lipinski definition) is 2. The summed E-state index contributed by atoms with van der Waals surface area (Å²) < 4.78 is 10.6. The summed E-state index contributed by atoms with van der Waals surface area (Å²) in [7, 11) is 1.47. The summed E-state index contributed by atoms with van der Waals surface area (Å²) in [6.45, 7) is 0. The van der Waals surface area contributed by atoms with E-state index in [-0.39, 0.29) is 35.1 Å². The number of ether oxygens (including phenoxy) is 1. The van der Waals surface area contributed by atoms with E-state index in [1.807, 2.05) is 0 Å². The van der Waals surface area contributed by atoms with Gasteiger partial charge in [0.2, 0.25) is 0 Å². The third-order valence-corrected chi connectivity index (χ3v) is 3.18. The maximum atomic E-state index is 11.4. The molecule has 0 radical (unpaired) electrons. The lowest BCUT2D eigenvalue weighted by atomic mass is 10.1. The highest BCUT2D eigenvalue weighted by atomic mass is 35.5. The molecule has 0 saturated heterocycles. The van der Waals surface area contributed by atoms with Crippen LogP contribution in [0.5, 0.6) is 17.2 Å². The second-order valence-corrected chi connectivity index (χ2v) is 4.54. The molecule has 2 N–H and O–H groups in total. The van der Waals surface area contributed by atoms with Crippen LogP contribution in [0.15, 0.2) is 51.7 Å². The molecular weight excluding hydrogens is 308 g/mol. The van der Waals surface area contributed by atoms with Crippen molar-refractivity contribution in [2.24, 2.45) is 0 Å². The van der Waals surface area contributed by atoms with Crippen molar-refractivity contribution in [1.29, 1.82) is 0 Å². The normalized spacial score (nSPS) is 10.2. The second kappa shape index (κ2) is 5.99. The number of hydrogen-bond acceptors (Lipinski definition) is 5. The summed E-state index contributed by atoms with van der Waals surface area (Å²) in [5.74, 6) is 0.980. The van der Waals surface area contributed by atoms with Gasteiger partial charge in [0.05, 0.1) is 12.7 Å². The smallest absolute Gasteiger partial charge is 0.186 e. The fourth-order valence-corrected chi connectivity index (χ4v) is 2.15. The van der Waals surface area contributed by atoms with Gasteiger partial charge in [-0.2, -0.15) is 0 Å². The van der Waals surface area contributed by atoms with Crippen LogP contribution in [0.4, 0.5) is 0 Å². The summed E-state index contributed by atoms with van der Waals surface area (Å²) in [4.78, 5) is 11.4. The van der Waals surface area contributed by atoms with E-state index in [1.165, 1.54) is 19.2 Å². The number of methoxy groups -OCH3 is 1. The van der Waals surface area contributed by atoms with Crippen LogP contribution in [0.2, 0.25) is 0 Å². The lowest BCUT2D eigenvalue weighted by molar-refractivity contribution is 0.373. The molecule has 0 fully saturated rings. The van der Waals surface area contributed by atoms with Crippen LogP contribution >= 0.6 is 12.4 Å². The minimum absolute atomic E-state index is 0. The minimum atomic E-state index is -0.335. The molecule has 0 amide bonds. The van der Waals surface area contributed by atoms with Crippen LogP contribution in [-0.2, 0) is 0 Å². The molecule has 0 aromatic heterocycles. The number of aromatic hydroxyl groups is 2. The first kappa shape index (κ1) is 15.7. The van der Waals surface area contributed by atoms with E-state index in [0.29, 0.717) is 22.6 Å². The van der Waals surface area contributed by atoms with Crippen molar-refractivity contribution in [3.8, 4) is 39.9 Å². The molecule has 0 spiro atoms. The number of fused-ring (bicyclic) bond motifs is 1. The van der Waals surface area contributed by atoms with Crippen molar-refractivity contribution >= 4 is 12.4 Å². The van der Waals surface area contributed by atoms with Crippen LogP contribution in [-0.4, -0.2) is 17.3 Å². The maximum Gasteiger partial charge on any atom is 0.186 e. The van der Waals surface area contributed by atoms with Gasteiger partial charge in [0.25, 0.3) is 0 Å². The van der Waals surface area contributed by atoms with Gasteiger partial charge >= 0.3 is 0 Å². The number of benzene rings is 2. The molecule has 0 bridgehead atoms. The van der Waals surface area contributed by atoms with Crippen LogP contribution in [0, 0.1) is 0 Å². The van der Waals surface area contributed by atoms with Gasteiger partial charge in [0, 0.05) is 17.7 Å². The van der Waals surface area contributed by atoms with Gasteiger partial charge in [-0.15, -0.1) is 12.4 Å². The Morgan fingerprint density at radius 3 is 2.41 bits per heavy atom. The monoisotopic (exact) mass is 320 g/mol. The lowest BCUT2D eigenvalue weighted by Gasteiger charge is -2.10. The largest absolute Gasteiger partial charge is 0.507 e. The molecule has 1 aliphatic carbocycles. The van der Waals surface area contributed by atoms with Crippen molar-refractivity contribution in [2.45, 2.75) is 0 Å². The zero-order chi connectivity index (χ0) is 15.0. The van der Waals surface area contributed by atoms with Gasteiger partial charge < -0.3 is 19.4 Å². The van der Waals surface area contributed by atoms with Crippen LogP contribution in [0.1, 0.15) is 0 Å². The molecule has 22 heavy (non-hydrogen) atoms. The average molecular weight is 321 g/mol. The third kappa shape index (κ3) is 2.71. The summed E-state index contributed by atoms with van der Waals surface area (Å²) in [5.41, 5.74) is 0.751. The Labute approximate surface area is 132 Å². The summed E-state index contributed by atoms with van der Waals surface area (Å²) in [6, 6.07) is 10.6. The number of rotatable bonds is 2. The standard InChI is InChI=1S/C16H12O5.ClH/c1-20-15-4-2-9(6-13(15)19)14-5-3-11-12(18)7-10(17)8-16(11)21-14;/h2-8,18-19H,1H3;1H. The Morgan fingerprint density at radius 2 is 1.73 bits per heavy atom. The molecule has 5 nitrogen and oxygen atoms in total. The first-order chi connectivity index (χ1) is 10.1. The zero-order valence-corrected chi connectivity index (χ0v) is 12.4. The first-order valence-corrected chi connectivity index (χ1v) is 6.23. The molecule has 2 aliphatic rings. The predicted octanol–water partition coefficient (Wildman–Crippen LogP) is 3.25. The Balaban J connectivity index is 0.00000176. The van der Waals surface area contributed by atoms with Crippen LogP contribution in [0.3, 0.4) is 0 Å². The van der Waals surface area contributed by atoms with Gasteiger partial charge in [-0.05, 0) is 30.3 Å². The Hall–Kier alpha value is -2.66. The second-order valence-electron chi connectivity index (χ2n) is 4.54. The molecule has 3 rings (SSSR count). The van der Waals surface area contributed by atoms with Gasteiger partial charge in [-0.25, -0.2) is 0 Å². The molecule has 0 atom stereocenters. The number of halogens is 1. The quantitative estimate of drug-likeness (QED) is 0.757. The number of phenolic OH excluding ortho intramolecular Hbond substituents is 2. The average Bonchev–Trinajstić information content (AvgIpc) is 2.46. The van der Waals surface area contributed by atoms with E-state index in [2.05, 4.69) is 0 Å². The highest BCUT2D eigenvalue weighted by Crippen LogP contribution is 2.35. The highest BCUT2D eigenvalue weighted by molar-refractivity contribution is 5.85. The fourth-order valence-electron chi connectivity index (χ4n) is 2.15. The topological polar surface area (TPSA) is 79.9 Å². The summed E-state index contributed by atoms with van der Waals surface area (Å²) in [5, 5.41) is 19.5. The van der Waals surface area contributed by atoms with Crippen molar-refractivity contribution in [2.75, 3.05) is 7.11 Å². The van der Waals surface area contributed by atoms with E-state index < -0.39 is 0 Å². The van der Waals surface area contributed by atoms with Gasteiger partial charge in [-0.3, -0.25) is 4.79 Å². The Bertz CT molecular complexity index is 840. The molecule has 114 valence electrons. The van der Waals surface area contributed by atoms with E-state index in [1.54, 1.807) is 24.3 Å². The van der Waals surface area contributed by atoms with E-state index in [0.717, 1.165) is 6.07 Å². The Morgan fingerprint density at radius 1 is 0.955 bits per heavy atom. The first-order valence-electron chi connectivity index (χ1n) is 6.23. The molecule has 1 aromatic rings. The SMILES string of the molecule is COc1ccc(-c2ccc3c(O)cc(=O)cc-3o2)cc1O.Cl. The van der Waals surface area contributed by atoms with Crippen molar-refractivity contribution in [3.63, 3.8) is 0 Å². The van der Waals surface area contributed by atoms with E-state index >= 15 is 0 Å². The molecule has 1 aliphatic heterocycles. The third-order valence-electron chi connectivity index (χ3n) is 3.18. The van der Waals surface area contributed by atoms with Crippen molar-refractivity contribution in [3.05, 3.63) is 52.7 Å². The molecule has 1 heterocycles. The number of phenols is 2. The zero-order valence-electron chi connectivity index (χ0n) is 11.6. The molecular formula is C16H13ClO5. The minimum Gasteiger partial charge on any atom is -0.507 e. The predicted molar refractivity (Wildman–Crippen MR) is 84.2 cm³/mol. The lowest BCUT2D eigenvalue weighted by Crippen LogP contribution is -1.98. The molecule has 0 unspecified atom stereocenters. The maximum absolute atomic E-state index is 11.4. The van der Waals surface area contributed by atoms with Crippen molar-refractivity contribution in [1.82, 2.24) is 0 Å². The highest BCUT2D eigenvalue weighted by Gasteiger charge is 2.13. The van der Waals surface area contributed by atoms with Crippen LogP contribution < -0.4 is 10.2 Å². The summed E-state index contributed by atoms with van der Waals surface area (Å²) in [6.07, 6.45) is 0. The van der Waals surface area contributed by atoms with E-state index in [4.69, 9.17) is 9.15 Å². The molecule has 1 aromatic carbocycles. The molecule has 6 heteroatoms. The summed E-state index contributed by atoms with van der Waals surface area (Å²) >= 11 is 0. The van der Waals surface area contributed by atoms with Gasteiger partial charge in [0.1, 0.15) is 17.3 Å². The molecule has 0 saturated carbocycles. The Kier molecular flexibility index (Phi) is 4.28. The van der Waals surface area contributed by atoms with E-state index in [9.17, 15) is 15.0 Å². The van der Waals surface area contributed by atoms with Crippen molar-refractivity contribution < 1.29 is 19.4 Å².